The van der Waals surface area contributed by atoms with Crippen LogP contribution in [0.2, 0.25) is 0 Å². The van der Waals surface area contributed by atoms with E-state index in [-0.39, 0.29) is 6.04 Å². The predicted molar refractivity (Wildman–Crippen MR) is 78.6 cm³/mol. The minimum Gasteiger partial charge on any atom is -0.478 e. The molecule has 1 atom stereocenters. The number of aryl methyl sites for hydroxylation is 1. The lowest BCUT2D eigenvalue weighted by molar-refractivity contribution is 0.327. The number of hydrogen-bond donors (Lipinski definition) is 1. The quantitative estimate of drug-likeness (QED) is 0.879. The summed E-state index contributed by atoms with van der Waals surface area (Å²) in [5.41, 5.74) is 3.54. The Morgan fingerprint density at radius 1 is 1.26 bits per heavy atom. The third kappa shape index (κ3) is 3.71. The molecule has 0 radical (unpaired) electrons. The Kier molecular flexibility index (Phi) is 4.39. The molecule has 100 valence electrons. The second kappa shape index (κ2) is 6.23. The third-order valence-corrected chi connectivity index (χ3v) is 2.95. The molecule has 2 aromatic rings. The van der Waals surface area contributed by atoms with Crippen LogP contribution in [0, 0.1) is 6.92 Å². The van der Waals surface area contributed by atoms with E-state index in [1.165, 1.54) is 11.1 Å². The van der Waals surface area contributed by atoms with Gasteiger partial charge < -0.3 is 10.1 Å². The van der Waals surface area contributed by atoms with Gasteiger partial charge in [0.1, 0.15) is 0 Å². The zero-order valence-corrected chi connectivity index (χ0v) is 11.7. The van der Waals surface area contributed by atoms with E-state index in [0.717, 1.165) is 5.69 Å². The van der Waals surface area contributed by atoms with E-state index in [1.807, 2.05) is 19.1 Å². The Morgan fingerprint density at radius 3 is 2.74 bits per heavy atom. The van der Waals surface area contributed by atoms with Gasteiger partial charge in [-0.2, -0.15) is 0 Å². The number of anilines is 1. The lowest BCUT2D eigenvalue weighted by atomic mass is 10.1. The fraction of sp³-hybridized carbons (Fsp3) is 0.312. The summed E-state index contributed by atoms with van der Waals surface area (Å²) in [5.74, 6) is 0.663. The molecule has 2 rings (SSSR count). The summed E-state index contributed by atoms with van der Waals surface area (Å²) < 4.78 is 5.33. The molecule has 1 aromatic carbocycles. The largest absolute Gasteiger partial charge is 0.478 e. The Morgan fingerprint density at radius 2 is 2.11 bits per heavy atom. The van der Waals surface area contributed by atoms with Crippen LogP contribution in [0.5, 0.6) is 5.88 Å². The SMILES string of the molecule is CCOc1ccc(NC(C)c2cccc(C)c2)cn1. The zero-order valence-electron chi connectivity index (χ0n) is 11.7. The molecule has 19 heavy (non-hydrogen) atoms. The Bertz CT molecular complexity index is 523. The molecular formula is C16H20N2O. The van der Waals surface area contributed by atoms with Crippen molar-refractivity contribution in [3.05, 3.63) is 53.7 Å². The number of hydrogen-bond acceptors (Lipinski definition) is 3. The van der Waals surface area contributed by atoms with Crippen molar-refractivity contribution in [3.8, 4) is 5.88 Å². The van der Waals surface area contributed by atoms with Crippen LogP contribution in [-0.4, -0.2) is 11.6 Å². The van der Waals surface area contributed by atoms with Gasteiger partial charge in [0.2, 0.25) is 5.88 Å². The highest BCUT2D eigenvalue weighted by atomic mass is 16.5. The maximum absolute atomic E-state index is 5.33. The van der Waals surface area contributed by atoms with Crippen LogP contribution in [0.1, 0.15) is 31.0 Å². The van der Waals surface area contributed by atoms with Gasteiger partial charge in [0.15, 0.2) is 0 Å². The van der Waals surface area contributed by atoms with Crippen molar-refractivity contribution in [1.82, 2.24) is 4.98 Å². The van der Waals surface area contributed by atoms with Gasteiger partial charge in [-0.05, 0) is 32.4 Å². The first kappa shape index (κ1) is 13.4. The topological polar surface area (TPSA) is 34.1 Å². The number of nitrogens with zero attached hydrogens (tertiary/aromatic N) is 1. The van der Waals surface area contributed by atoms with E-state index in [2.05, 4.69) is 48.4 Å². The molecule has 0 aliphatic rings. The summed E-state index contributed by atoms with van der Waals surface area (Å²) in [6.07, 6.45) is 1.80. The van der Waals surface area contributed by atoms with E-state index >= 15 is 0 Å². The van der Waals surface area contributed by atoms with Crippen molar-refractivity contribution in [3.63, 3.8) is 0 Å². The molecule has 0 saturated heterocycles. The lowest BCUT2D eigenvalue weighted by Crippen LogP contribution is -2.07. The summed E-state index contributed by atoms with van der Waals surface area (Å²) >= 11 is 0. The average molecular weight is 256 g/mol. The number of aromatic nitrogens is 1. The van der Waals surface area contributed by atoms with E-state index in [0.29, 0.717) is 12.5 Å². The number of pyridine rings is 1. The molecule has 0 fully saturated rings. The second-order valence-electron chi connectivity index (χ2n) is 4.60. The molecule has 1 aromatic heterocycles. The van der Waals surface area contributed by atoms with Gasteiger partial charge in [0, 0.05) is 12.1 Å². The van der Waals surface area contributed by atoms with Crippen LogP contribution < -0.4 is 10.1 Å². The molecule has 0 amide bonds. The van der Waals surface area contributed by atoms with Crippen LogP contribution in [0.15, 0.2) is 42.6 Å². The van der Waals surface area contributed by atoms with E-state index in [1.54, 1.807) is 6.20 Å². The van der Waals surface area contributed by atoms with E-state index < -0.39 is 0 Å². The van der Waals surface area contributed by atoms with Gasteiger partial charge in [0.25, 0.3) is 0 Å². The van der Waals surface area contributed by atoms with E-state index in [9.17, 15) is 0 Å². The Hall–Kier alpha value is -2.03. The summed E-state index contributed by atoms with van der Waals surface area (Å²) in [6.45, 7) is 6.84. The first-order chi connectivity index (χ1) is 9.19. The number of benzene rings is 1. The molecule has 1 heterocycles. The minimum atomic E-state index is 0.250. The van der Waals surface area contributed by atoms with Crippen LogP contribution >= 0.6 is 0 Å². The monoisotopic (exact) mass is 256 g/mol. The van der Waals surface area contributed by atoms with Gasteiger partial charge in [-0.15, -0.1) is 0 Å². The highest BCUT2D eigenvalue weighted by Gasteiger charge is 2.05. The van der Waals surface area contributed by atoms with Crippen LogP contribution in [0.3, 0.4) is 0 Å². The minimum absolute atomic E-state index is 0.250. The summed E-state index contributed by atoms with van der Waals surface area (Å²) in [5, 5.41) is 3.44. The molecule has 3 nitrogen and oxygen atoms in total. The predicted octanol–water partition coefficient (Wildman–Crippen LogP) is 3.96. The van der Waals surface area contributed by atoms with E-state index in [4.69, 9.17) is 4.74 Å². The van der Waals surface area contributed by atoms with Crippen molar-refractivity contribution in [2.45, 2.75) is 26.8 Å². The first-order valence-corrected chi connectivity index (χ1v) is 6.61. The van der Waals surface area contributed by atoms with Crippen molar-refractivity contribution in [1.29, 1.82) is 0 Å². The summed E-state index contributed by atoms with van der Waals surface area (Å²) in [6, 6.07) is 12.6. The zero-order chi connectivity index (χ0) is 13.7. The number of ether oxygens (including phenoxy) is 1. The van der Waals surface area contributed by atoms with Crippen molar-refractivity contribution in [2.24, 2.45) is 0 Å². The highest BCUT2D eigenvalue weighted by Crippen LogP contribution is 2.20. The fourth-order valence-corrected chi connectivity index (χ4v) is 1.97. The van der Waals surface area contributed by atoms with Gasteiger partial charge in [0.05, 0.1) is 18.5 Å². The smallest absolute Gasteiger partial charge is 0.213 e. The molecule has 0 saturated carbocycles. The van der Waals surface area contributed by atoms with Gasteiger partial charge in [-0.1, -0.05) is 29.8 Å². The molecule has 0 bridgehead atoms. The molecule has 0 aliphatic carbocycles. The van der Waals surface area contributed by atoms with Crippen LogP contribution in [-0.2, 0) is 0 Å². The maximum atomic E-state index is 5.33. The summed E-state index contributed by atoms with van der Waals surface area (Å²) in [4.78, 5) is 4.25. The number of rotatable bonds is 5. The fourth-order valence-electron chi connectivity index (χ4n) is 1.97. The average Bonchev–Trinajstić information content (AvgIpc) is 2.41. The number of nitrogens with one attached hydrogen (secondary N) is 1. The van der Waals surface area contributed by atoms with Crippen LogP contribution in [0.4, 0.5) is 5.69 Å². The van der Waals surface area contributed by atoms with Crippen molar-refractivity contribution in [2.75, 3.05) is 11.9 Å². The molecule has 1 unspecified atom stereocenters. The Labute approximate surface area is 114 Å². The third-order valence-electron chi connectivity index (χ3n) is 2.95. The van der Waals surface area contributed by atoms with Crippen molar-refractivity contribution < 1.29 is 4.74 Å². The molecule has 0 aliphatic heterocycles. The van der Waals surface area contributed by atoms with Gasteiger partial charge in [-0.3, -0.25) is 0 Å². The summed E-state index contributed by atoms with van der Waals surface area (Å²) in [7, 11) is 0. The maximum Gasteiger partial charge on any atom is 0.213 e. The van der Waals surface area contributed by atoms with Gasteiger partial charge >= 0.3 is 0 Å². The standard InChI is InChI=1S/C16H20N2O/c1-4-19-16-9-8-15(11-17-16)18-13(3)14-7-5-6-12(2)10-14/h5-11,13,18H,4H2,1-3H3. The Balaban J connectivity index is 2.04. The van der Waals surface area contributed by atoms with Crippen LogP contribution in [0.25, 0.3) is 0 Å². The normalized spacial score (nSPS) is 11.9. The molecule has 0 spiro atoms. The highest BCUT2D eigenvalue weighted by molar-refractivity contribution is 5.44. The second-order valence-corrected chi connectivity index (χ2v) is 4.60. The molecule has 3 heteroatoms. The molecule has 1 N–H and O–H groups in total. The first-order valence-electron chi connectivity index (χ1n) is 6.61. The molecular weight excluding hydrogens is 236 g/mol. The van der Waals surface area contributed by atoms with Gasteiger partial charge in [-0.25, -0.2) is 4.98 Å². The van der Waals surface area contributed by atoms with Crippen molar-refractivity contribution >= 4 is 5.69 Å². The lowest BCUT2D eigenvalue weighted by Gasteiger charge is -2.16.